The summed E-state index contributed by atoms with van der Waals surface area (Å²) in [4.78, 5) is 11.5. The first-order valence-corrected chi connectivity index (χ1v) is 7.92. The molecule has 0 spiro atoms. The first-order chi connectivity index (χ1) is 11.6. The van der Waals surface area contributed by atoms with Gasteiger partial charge in [0.2, 0.25) is 0 Å². The molecule has 0 unspecified atom stereocenters. The molecule has 2 heterocycles. The van der Waals surface area contributed by atoms with E-state index in [0.717, 1.165) is 22.7 Å². The maximum atomic E-state index is 11.5. The summed E-state index contributed by atoms with van der Waals surface area (Å²) in [7, 11) is 0. The van der Waals surface area contributed by atoms with E-state index < -0.39 is 0 Å². The second kappa shape index (κ2) is 7.47. The second-order valence-electron chi connectivity index (χ2n) is 5.82. The molecule has 5 nitrogen and oxygen atoms in total. The average Bonchev–Trinajstić information content (AvgIpc) is 2.49. The average molecular weight is 327 g/mol. The highest BCUT2D eigenvalue weighted by Crippen LogP contribution is 2.16. The van der Waals surface area contributed by atoms with Crippen LogP contribution in [0.15, 0.2) is 41.2 Å². The zero-order chi connectivity index (χ0) is 16.9. The van der Waals surface area contributed by atoms with Gasteiger partial charge in [0.05, 0.1) is 13.2 Å². The molecule has 0 amide bonds. The predicted octanol–water partition coefficient (Wildman–Crippen LogP) is 2.84. The molecule has 126 valence electrons. The highest BCUT2D eigenvalue weighted by molar-refractivity contribution is 5.62. The van der Waals surface area contributed by atoms with Crippen molar-refractivity contribution in [2.75, 3.05) is 20.0 Å². The second-order valence-corrected chi connectivity index (χ2v) is 5.82. The number of benzene rings is 1. The van der Waals surface area contributed by atoms with Gasteiger partial charge in [-0.15, -0.1) is 0 Å². The van der Waals surface area contributed by atoms with Gasteiger partial charge in [-0.25, -0.2) is 0 Å². The molecule has 1 aromatic heterocycles. The van der Waals surface area contributed by atoms with E-state index in [1.807, 2.05) is 55.0 Å². The lowest BCUT2D eigenvalue weighted by Crippen LogP contribution is -2.36. The van der Waals surface area contributed by atoms with Gasteiger partial charge >= 0.3 is 0 Å². The molecule has 1 aromatic carbocycles. The Morgan fingerprint density at radius 1 is 1.21 bits per heavy atom. The molecule has 0 atom stereocenters. The number of rotatable bonds is 6. The van der Waals surface area contributed by atoms with E-state index in [0.29, 0.717) is 13.2 Å². The Balaban J connectivity index is 1.66. The van der Waals surface area contributed by atoms with Crippen molar-refractivity contribution < 1.29 is 14.2 Å². The van der Waals surface area contributed by atoms with Crippen LogP contribution in [0.5, 0.6) is 5.75 Å². The molecule has 3 rings (SSSR count). The lowest BCUT2D eigenvalue weighted by atomic mass is 10.2. The fourth-order valence-electron chi connectivity index (χ4n) is 2.48. The molecule has 1 saturated heterocycles. The van der Waals surface area contributed by atoms with Crippen LogP contribution in [-0.2, 0) is 9.47 Å². The van der Waals surface area contributed by atoms with E-state index in [1.165, 1.54) is 0 Å². The Bertz CT molecular complexity index is 764. The molecule has 0 radical (unpaired) electrons. The van der Waals surface area contributed by atoms with E-state index in [9.17, 15) is 4.79 Å². The molecular weight excluding hydrogens is 306 g/mol. The van der Waals surface area contributed by atoms with Crippen molar-refractivity contribution in [3.05, 3.63) is 63.6 Å². The molecular formula is C19H21NO4. The highest BCUT2D eigenvalue weighted by atomic mass is 16.7. The maximum Gasteiger partial charge on any atom is 0.189 e. The lowest BCUT2D eigenvalue weighted by molar-refractivity contribution is -0.158. The predicted molar refractivity (Wildman–Crippen MR) is 93.0 cm³/mol. The van der Waals surface area contributed by atoms with Crippen LogP contribution < -0.4 is 10.2 Å². The SMILES string of the molecule is Cc1cc(=O)cc(C)n1/C=C/c1cccc(OCOC2COC2)c1. The Morgan fingerprint density at radius 2 is 1.96 bits per heavy atom. The quantitative estimate of drug-likeness (QED) is 0.766. The first kappa shape index (κ1) is 16.5. The topological polar surface area (TPSA) is 49.7 Å². The molecule has 2 aromatic rings. The standard InChI is InChI=1S/C19H21NO4/c1-14-8-17(21)9-15(2)20(14)7-6-16-4-3-5-18(10-16)23-13-24-19-11-22-12-19/h3-10,19H,11-13H2,1-2H3/b7-6+. The summed E-state index contributed by atoms with van der Waals surface area (Å²) in [5.41, 5.74) is 2.85. The molecule has 1 fully saturated rings. The zero-order valence-corrected chi connectivity index (χ0v) is 13.9. The third-order valence-corrected chi connectivity index (χ3v) is 3.87. The van der Waals surface area contributed by atoms with Crippen molar-refractivity contribution in [2.24, 2.45) is 0 Å². The summed E-state index contributed by atoms with van der Waals surface area (Å²) in [5, 5.41) is 0. The molecule has 0 saturated carbocycles. The van der Waals surface area contributed by atoms with Crippen LogP contribution in [0.2, 0.25) is 0 Å². The number of aryl methyl sites for hydroxylation is 2. The summed E-state index contributed by atoms with van der Waals surface area (Å²) in [6, 6.07) is 11.0. The lowest BCUT2D eigenvalue weighted by Gasteiger charge is -2.25. The molecule has 0 bridgehead atoms. The Kier molecular flexibility index (Phi) is 5.13. The molecule has 0 aliphatic carbocycles. The van der Waals surface area contributed by atoms with Crippen molar-refractivity contribution >= 4 is 12.3 Å². The van der Waals surface area contributed by atoms with E-state index in [4.69, 9.17) is 14.2 Å². The van der Waals surface area contributed by atoms with Gasteiger partial charge in [-0.1, -0.05) is 12.1 Å². The van der Waals surface area contributed by atoms with Gasteiger partial charge in [0.15, 0.2) is 12.2 Å². The van der Waals surface area contributed by atoms with Crippen molar-refractivity contribution in [3.63, 3.8) is 0 Å². The first-order valence-electron chi connectivity index (χ1n) is 7.92. The molecule has 1 aliphatic heterocycles. The monoisotopic (exact) mass is 327 g/mol. The van der Waals surface area contributed by atoms with Gasteiger partial charge in [0.25, 0.3) is 0 Å². The van der Waals surface area contributed by atoms with Gasteiger partial charge in [0.1, 0.15) is 11.9 Å². The van der Waals surface area contributed by atoms with Gasteiger partial charge < -0.3 is 18.8 Å². The van der Waals surface area contributed by atoms with Crippen molar-refractivity contribution in [2.45, 2.75) is 20.0 Å². The van der Waals surface area contributed by atoms with Crippen LogP contribution >= 0.6 is 0 Å². The maximum absolute atomic E-state index is 11.5. The van der Waals surface area contributed by atoms with Crippen LogP contribution in [0, 0.1) is 13.8 Å². The third-order valence-electron chi connectivity index (χ3n) is 3.87. The highest BCUT2D eigenvalue weighted by Gasteiger charge is 2.18. The minimum Gasteiger partial charge on any atom is -0.468 e. The summed E-state index contributed by atoms with van der Waals surface area (Å²) in [6.07, 6.45) is 4.09. The minimum atomic E-state index is 0.0295. The Morgan fingerprint density at radius 3 is 2.62 bits per heavy atom. The van der Waals surface area contributed by atoms with E-state index in [-0.39, 0.29) is 18.3 Å². The van der Waals surface area contributed by atoms with Gasteiger partial charge in [-0.3, -0.25) is 4.79 Å². The van der Waals surface area contributed by atoms with Crippen LogP contribution in [0.25, 0.3) is 12.3 Å². The number of aromatic nitrogens is 1. The molecule has 1 aliphatic rings. The largest absolute Gasteiger partial charge is 0.468 e. The van der Waals surface area contributed by atoms with Gasteiger partial charge in [-0.05, 0) is 37.6 Å². The summed E-state index contributed by atoms with van der Waals surface area (Å²) in [5.74, 6) is 0.755. The van der Waals surface area contributed by atoms with Crippen LogP contribution in [0.3, 0.4) is 0 Å². The van der Waals surface area contributed by atoms with E-state index in [2.05, 4.69) is 0 Å². The fourth-order valence-corrected chi connectivity index (χ4v) is 2.48. The van der Waals surface area contributed by atoms with Crippen molar-refractivity contribution in [3.8, 4) is 5.75 Å². The normalized spacial score (nSPS) is 14.8. The summed E-state index contributed by atoms with van der Waals surface area (Å²) >= 11 is 0. The number of hydrogen-bond acceptors (Lipinski definition) is 4. The van der Waals surface area contributed by atoms with Gasteiger partial charge in [0, 0.05) is 29.7 Å². The van der Waals surface area contributed by atoms with Crippen LogP contribution in [0.4, 0.5) is 0 Å². The molecule has 5 heteroatoms. The summed E-state index contributed by atoms with van der Waals surface area (Å²) in [6.45, 7) is 5.34. The molecule has 0 N–H and O–H groups in total. The number of ether oxygens (including phenoxy) is 3. The zero-order valence-electron chi connectivity index (χ0n) is 13.9. The minimum absolute atomic E-state index is 0.0295. The summed E-state index contributed by atoms with van der Waals surface area (Å²) < 4.78 is 18.1. The smallest absolute Gasteiger partial charge is 0.189 e. The van der Waals surface area contributed by atoms with Crippen LogP contribution in [0.1, 0.15) is 17.0 Å². The Hall–Kier alpha value is -2.37. The van der Waals surface area contributed by atoms with Gasteiger partial charge in [-0.2, -0.15) is 0 Å². The number of hydrogen-bond donors (Lipinski definition) is 0. The van der Waals surface area contributed by atoms with E-state index >= 15 is 0 Å². The molecule has 24 heavy (non-hydrogen) atoms. The Labute approximate surface area is 141 Å². The fraction of sp³-hybridized carbons (Fsp3) is 0.316. The third kappa shape index (κ3) is 4.13. The van der Waals surface area contributed by atoms with Crippen molar-refractivity contribution in [1.29, 1.82) is 0 Å². The van der Waals surface area contributed by atoms with Crippen molar-refractivity contribution in [1.82, 2.24) is 4.57 Å². The number of nitrogens with zero attached hydrogens (tertiary/aromatic N) is 1. The van der Waals surface area contributed by atoms with E-state index in [1.54, 1.807) is 12.1 Å². The number of pyridine rings is 1. The van der Waals surface area contributed by atoms with Crippen LogP contribution in [-0.4, -0.2) is 30.7 Å².